The number of carbonyl (C=O) groups is 1. The highest BCUT2D eigenvalue weighted by atomic mass is 32.1. The Bertz CT molecular complexity index is 920. The fraction of sp³-hybridized carbons (Fsp3) is 0. The molecule has 0 bridgehead atoms. The molecule has 24 heavy (non-hydrogen) atoms. The Balaban J connectivity index is 1.96. The van der Waals surface area contributed by atoms with E-state index in [1.54, 1.807) is 30.3 Å². The molecule has 3 aromatic rings. The summed E-state index contributed by atoms with van der Waals surface area (Å²) in [5, 5.41) is 11.7. The second kappa shape index (κ2) is 6.72. The van der Waals surface area contributed by atoms with Crippen molar-refractivity contribution in [2.45, 2.75) is 0 Å². The van der Waals surface area contributed by atoms with Gasteiger partial charge in [-0.25, -0.2) is 13.8 Å². The molecule has 0 aliphatic rings. The lowest BCUT2D eigenvalue weighted by Gasteiger charge is -2.01. The van der Waals surface area contributed by atoms with Crippen molar-refractivity contribution in [2.24, 2.45) is 0 Å². The van der Waals surface area contributed by atoms with Gasteiger partial charge in [0.25, 0.3) is 0 Å². The highest BCUT2D eigenvalue weighted by Gasteiger charge is 2.12. The van der Waals surface area contributed by atoms with Gasteiger partial charge in [-0.3, -0.25) is 0 Å². The number of aromatic nitrogens is 1. The molecule has 0 atom stereocenters. The van der Waals surface area contributed by atoms with Crippen LogP contribution in [0.4, 0.5) is 8.78 Å². The summed E-state index contributed by atoms with van der Waals surface area (Å²) in [6, 6.07) is 12.4. The first kappa shape index (κ1) is 16.0. The van der Waals surface area contributed by atoms with Crippen molar-refractivity contribution in [1.29, 1.82) is 0 Å². The molecule has 6 heteroatoms. The third kappa shape index (κ3) is 3.38. The van der Waals surface area contributed by atoms with E-state index in [1.807, 2.05) is 6.07 Å². The van der Waals surface area contributed by atoms with Crippen molar-refractivity contribution in [2.75, 3.05) is 0 Å². The Kier molecular flexibility index (Phi) is 4.48. The van der Waals surface area contributed by atoms with Crippen LogP contribution in [0.5, 0.6) is 0 Å². The quantitative estimate of drug-likeness (QED) is 0.728. The molecule has 0 fully saturated rings. The van der Waals surface area contributed by atoms with Crippen molar-refractivity contribution in [1.82, 2.24) is 4.98 Å². The Morgan fingerprint density at radius 1 is 1.04 bits per heavy atom. The summed E-state index contributed by atoms with van der Waals surface area (Å²) in [6.45, 7) is 0. The topological polar surface area (TPSA) is 53.0 Å². The molecule has 120 valence electrons. The molecule has 0 saturated carbocycles. The molecule has 1 aromatic heterocycles. The van der Waals surface area contributed by atoms with Crippen LogP contribution in [-0.4, -0.2) is 11.0 Å². The van der Waals surface area contributed by atoms with Gasteiger partial charge in [0.05, 0.1) is 16.5 Å². The molecule has 0 aliphatic carbocycles. The number of halogens is 2. The highest BCUT2D eigenvalue weighted by Crippen LogP contribution is 2.28. The number of carbonyl (C=O) groups excluding carboxylic acids is 1. The maximum absolute atomic E-state index is 13.2. The van der Waals surface area contributed by atoms with Crippen molar-refractivity contribution in [3.8, 4) is 11.3 Å². The molecule has 3 nitrogen and oxygen atoms in total. The fourth-order valence-electron chi connectivity index (χ4n) is 2.12. The zero-order valence-corrected chi connectivity index (χ0v) is 13.0. The van der Waals surface area contributed by atoms with E-state index in [0.29, 0.717) is 21.8 Å². The van der Waals surface area contributed by atoms with Crippen molar-refractivity contribution in [3.05, 3.63) is 75.6 Å². The number of nitrogens with zero attached hydrogens (tertiary/aromatic N) is 1. The lowest BCUT2D eigenvalue weighted by atomic mass is 10.1. The van der Waals surface area contributed by atoms with Crippen LogP contribution in [0.2, 0.25) is 0 Å². The van der Waals surface area contributed by atoms with Crippen molar-refractivity contribution < 1.29 is 18.7 Å². The zero-order valence-electron chi connectivity index (χ0n) is 12.2. The average molecular weight is 342 g/mol. The monoisotopic (exact) mass is 342 g/mol. The normalized spacial score (nSPS) is 11.1. The number of aromatic carboxylic acids is 1. The van der Waals surface area contributed by atoms with Gasteiger partial charge in [0.2, 0.25) is 0 Å². The number of hydrogen-bond donors (Lipinski definition) is 0. The number of carboxylic acids is 1. The molecule has 2 aromatic carbocycles. The fourth-order valence-corrected chi connectivity index (χ4v) is 2.95. The van der Waals surface area contributed by atoms with Gasteiger partial charge < -0.3 is 9.90 Å². The first-order chi connectivity index (χ1) is 11.5. The SMILES string of the molecule is O=C([O-])c1sc(/C=C/c2ccc(F)c(F)c2)nc1-c1ccccc1. The standard InChI is InChI=1S/C18H11F2NO2S/c19-13-8-6-11(10-14(13)20)7-9-15-21-16(17(24-15)18(22)23)12-4-2-1-3-5-12/h1-10H,(H,22,23)/p-1/b9-7+. The third-order valence-electron chi connectivity index (χ3n) is 3.24. The number of hydrogen-bond acceptors (Lipinski definition) is 4. The minimum absolute atomic E-state index is 0.0196. The van der Waals surface area contributed by atoms with E-state index in [-0.39, 0.29) is 4.88 Å². The van der Waals surface area contributed by atoms with Gasteiger partial charge in [-0.2, -0.15) is 0 Å². The van der Waals surface area contributed by atoms with Crippen LogP contribution < -0.4 is 5.11 Å². The molecule has 0 radical (unpaired) electrons. The number of carboxylic acid groups (broad SMARTS) is 1. The van der Waals surface area contributed by atoms with Gasteiger partial charge in [-0.15, -0.1) is 11.3 Å². The number of thiazole rings is 1. The van der Waals surface area contributed by atoms with Crippen LogP contribution in [0.25, 0.3) is 23.4 Å². The molecule has 3 rings (SSSR count). The van der Waals surface area contributed by atoms with Crippen LogP contribution in [0, 0.1) is 11.6 Å². The highest BCUT2D eigenvalue weighted by molar-refractivity contribution is 7.14. The smallest absolute Gasteiger partial charge is 0.159 e. The van der Waals surface area contributed by atoms with E-state index in [9.17, 15) is 18.7 Å². The predicted molar refractivity (Wildman–Crippen MR) is 87.2 cm³/mol. The minimum atomic E-state index is -1.31. The molecule has 0 aliphatic heterocycles. The predicted octanol–water partition coefficient (Wildman–Crippen LogP) is 3.62. The lowest BCUT2D eigenvalue weighted by molar-refractivity contribution is -0.254. The van der Waals surface area contributed by atoms with E-state index in [0.717, 1.165) is 23.5 Å². The number of rotatable bonds is 4. The van der Waals surface area contributed by atoms with Gasteiger partial charge >= 0.3 is 0 Å². The van der Waals surface area contributed by atoms with Gasteiger partial charge in [0, 0.05) is 5.56 Å². The van der Waals surface area contributed by atoms with Crippen LogP contribution >= 0.6 is 11.3 Å². The van der Waals surface area contributed by atoms with E-state index in [2.05, 4.69) is 4.98 Å². The van der Waals surface area contributed by atoms with Crippen molar-refractivity contribution >= 4 is 29.5 Å². The van der Waals surface area contributed by atoms with Gasteiger partial charge in [0.1, 0.15) is 5.01 Å². The Morgan fingerprint density at radius 3 is 2.46 bits per heavy atom. The number of benzene rings is 2. The van der Waals surface area contributed by atoms with E-state index >= 15 is 0 Å². The summed E-state index contributed by atoms with van der Waals surface area (Å²) in [4.78, 5) is 15.6. The van der Waals surface area contributed by atoms with Crippen LogP contribution in [0.3, 0.4) is 0 Å². The molecular weight excluding hydrogens is 332 g/mol. The van der Waals surface area contributed by atoms with Crippen LogP contribution in [0.15, 0.2) is 48.5 Å². The Labute approximate surface area is 140 Å². The second-order valence-corrected chi connectivity index (χ2v) is 5.92. The molecule has 0 N–H and O–H groups in total. The second-order valence-electron chi connectivity index (χ2n) is 4.89. The van der Waals surface area contributed by atoms with E-state index < -0.39 is 17.6 Å². The summed E-state index contributed by atoms with van der Waals surface area (Å²) in [7, 11) is 0. The largest absolute Gasteiger partial charge is 0.544 e. The van der Waals surface area contributed by atoms with Crippen LogP contribution in [0.1, 0.15) is 20.2 Å². The van der Waals surface area contributed by atoms with E-state index in [4.69, 9.17) is 0 Å². The minimum Gasteiger partial charge on any atom is -0.544 e. The zero-order chi connectivity index (χ0) is 17.1. The van der Waals surface area contributed by atoms with Gasteiger partial charge in [0.15, 0.2) is 11.6 Å². The summed E-state index contributed by atoms with van der Waals surface area (Å²) in [6.07, 6.45) is 3.09. The van der Waals surface area contributed by atoms with Gasteiger partial charge in [-0.05, 0) is 23.8 Å². The Morgan fingerprint density at radius 2 is 1.79 bits per heavy atom. The van der Waals surface area contributed by atoms with Gasteiger partial charge in [-0.1, -0.05) is 42.5 Å². The Hall–Kier alpha value is -2.86. The summed E-state index contributed by atoms with van der Waals surface area (Å²) in [5.74, 6) is -3.18. The molecule has 0 unspecified atom stereocenters. The van der Waals surface area contributed by atoms with Crippen molar-refractivity contribution in [3.63, 3.8) is 0 Å². The summed E-state index contributed by atoms with van der Waals surface area (Å²) in [5.41, 5.74) is 1.44. The molecular formula is C18H10F2NO2S-. The maximum atomic E-state index is 13.2. The summed E-state index contributed by atoms with van der Waals surface area (Å²) < 4.78 is 26.1. The molecule has 0 saturated heterocycles. The maximum Gasteiger partial charge on any atom is 0.159 e. The molecule has 0 spiro atoms. The van der Waals surface area contributed by atoms with Crippen LogP contribution in [-0.2, 0) is 0 Å². The first-order valence-electron chi connectivity index (χ1n) is 6.95. The lowest BCUT2D eigenvalue weighted by Crippen LogP contribution is -2.21. The molecule has 1 heterocycles. The average Bonchev–Trinajstić information content (AvgIpc) is 3.01. The third-order valence-corrected chi connectivity index (χ3v) is 4.24. The summed E-state index contributed by atoms with van der Waals surface area (Å²) >= 11 is 0.961. The van der Waals surface area contributed by atoms with E-state index in [1.165, 1.54) is 12.1 Å². The molecule has 0 amide bonds. The first-order valence-corrected chi connectivity index (χ1v) is 7.77.